The summed E-state index contributed by atoms with van der Waals surface area (Å²) in [6.45, 7) is 1.91. The Hall–Kier alpha value is -3.07. The molecule has 3 nitrogen and oxygen atoms in total. The van der Waals surface area contributed by atoms with Gasteiger partial charge in [-0.05, 0) is 54.8 Å². The molecule has 3 heteroatoms. The Kier molecular flexibility index (Phi) is 6.05. The van der Waals surface area contributed by atoms with Crippen LogP contribution in [0.3, 0.4) is 0 Å². The minimum absolute atomic E-state index is 0.221. The smallest absolute Gasteiger partial charge is 0.302 e. The average molecular weight is 345 g/mol. The van der Waals surface area contributed by atoms with Crippen molar-refractivity contribution in [3.8, 4) is 0 Å². The molecule has 0 radical (unpaired) electrons. The number of benzene rings is 3. The molecule has 3 aromatic carbocycles. The molecule has 132 valence electrons. The van der Waals surface area contributed by atoms with Crippen molar-refractivity contribution in [2.45, 2.75) is 19.8 Å². The van der Waals surface area contributed by atoms with Crippen LogP contribution in [-0.4, -0.2) is 12.6 Å². The number of carbonyl (C=O) groups excluding carboxylic acids is 1. The van der Waals surface area contributed by atoms with Crippen molar-refractivity contribution >= 4 is 23.0 Å². The monoisotopic (exact) mass is 345 g/mol. The molecule has 3 aromatic rings. The van der Waals surface area contributed by atoms with Crippen molar-refractivity contribution in [2.75, 3.05) is 11.5 Å². The zero-order valence-electron chi connectivity index (χ0n) is 15.0. The summed E-state index contributed by atoms with van der Waals surface area (Å²) in [4.78, 5) is 13.1. The van der Waals surface area contributed by atoms with Gasteiger partial charge >= 0.3 is 5.97 Å². The molecule has 0 saturated carbocycles. The summed E-state index contributed by atoms with van der Waals surface area (Å²) in [7, 11) is 0. The number of para-hydroxylation sites is 2. The van der Waals surface area contributed by atoms with Crippen LogP contribution in [-0.2, 0) is 16.0 Å². The Bertz CT molecular complexity index is 774. The van der Waals surface area contributed by atoms with E-state index < -0.39 is 0 Å². The van der Waals surface area contributed by atoms with Crippen molar-refractivity contribution in [2.24, 2.45) is 0 Å². The molecule has 0 unspecified atom stereocenters. The number of carbonyl (C=O) groups is 1. The third-order valence-electron chi connectivity index (χ3n) is 4.14. The van der Waals surface area contributed by atoms with Gasteiger partial charge in [-0.1, -0.05) is 48.5 Å². The maximum Gasteiger partial charge on any atom is 0.302 e. The van der Waals surface area contributed by atoms with E-state index in [1.54, 1.807) is 0 Å². The molecule has 3 rings (SSSR count). The molecule has 0 N–H and O–H groups in total. The van der Waals surface area contributed by atoms with Crippen LogP contribution in [0.25, 0.3) is 0 Å². The van der Waals surface area contributed by atoms with Gasteiger partial charge in [-0.2, -0.15) is 0 Å². The van der Waals surface area contributed by atoms with Crippen molar-refractivity contribution in [3.63, 3.8) is 0 Å². The summed E-state index contributed by atoms with van der Waals surface area (Å²) in [6, 6.07) is 29.3. The number of hydrogen-bond acceptors (Lipinski definition) is 3. The Balaban J connectivity index is 1.78. The minimum Gasteiger partial charge on any atom is -0.466 e. The van der Waals surface area contributed by atoms with Gasteiger partial charge in [-0.3, -0.25) is 4.79 Å². The highest BCUT2D eigenvalue weighted by molar-refractivity contribution is 5.76. The highest BCUT2D eigenvalue weighted by Crippen LogP contribution is 2.34. The first-order valence-electron chi connectivity index (χ1n) is 8.86. The van der Waals surface area contributed by atoms with E-state index in [0.717, 1.165) is 29.9 Å². The lowest BCUT2D eigenvalue weighted by Crippen LogP contribution is -2.09. The van der Waals surface area contributed by atoms with Crippen LogP contribution in [0.5, 0.6) is 0 Å². The minimum atomic E-state index is -0.221. The molecule has 0 heterocycles. The SMILES string of the molecule is CC(=O)OCCCc1ccc(N(c2ccccc2)c2ccccc2)cc1. The lowest BCUT2D eigenvalue weighted by Gasteiger charge is -2.25. The van der Waals surface area contributed by atoms with E-state index in [1.165, 1.54) is 12.5 Å². The molecule has 0 aliphatic carbocycles. The van der Waals surface area contributed by atoms with Gasteiger partial charge in [0.2, 0.25) is 0 Å². The third kappa shape index (κ3) is 4.73. The molecule has 0 amide bonds. The Morgan fingerprint density at radius 2 is 1.27 bits per heavy atom. The molecule has 0 spiro atoms. The van der Waals surface area contributed by atoms with E-state index in [1.807, 2.05) is 12.1 Å². The van der Waals surface area contributed by atoms with Gasteiger partial charge in [-0.25, -0.2) is 0 Å². The van der Waals surface area contributed by atoms with Gasteiger partial charge in [0.05, 0.1) is 6.61 Å². The summed E-state index contributed by atoms with van der Waals surface area (Å²) < 4.78 is 4.99. The van der Waals surface area contributed by atoms with Crippen LogP contribution in [0.2, 0.25) is 0 Å². The molecule has 0 fully saturated rings. The molecule has 0 saturated heterocycles. The highest BCUT2D eigenvalue weighted by atomic mass is 16.5. The fourth-order valence-electron chi connectivity index (χ4n) is 2.91. The van der Waals surface area contributed by atoms with E-state index in [9.17, 15) is 4.79 Å². The van der Waals surface area contributed by atoms with Crippen molar-refractivity contribution in [3.05, 3.63) is 90.5 Å². The molecular weight excluding hydrogens is 322 g/mol. The summed E-state index contributed by atoms with van der Waals surface area (Å²) in [5, 5.41) is 0. The van der Waals surface area contributed by atoms with E-state index in [4.69, 9.17) is 4.74 Å². The number of esters is 1. The standard InChI is InChI=1S/C23H23NO2/c1-19(25)26-18-8-9-20-14-16-23(17-15-20)24(21-10-4-2-5-11-21)22-12-6-3-7-13-22/h2-7,10-17H,8-9,18H2,1H3. The van der Waals surface area contributed by atoms with E-state index in [0.29, 0.717) is 6.61 Å². The van der Waals surface area contributed by atoms with Crippen LogP contribution in [0.4, 0.5) is 17.1 Å². The summed E-state index contributed by atoms with van der Waals surface area (Å²) in [5.74, 6) is -0.221. The molecule has 26 heavy (non-hydrogen) atoms. The van der Waals surface area contributed by atoms with E-state index in [2.05, 4.69) is 77.7 Å². The Morgan fingerprint density at radius 1 is 0.769 bits per heavy atom. The van der Waals surface area contributed by atoms with Crippen molar-refractivity contribution in [1.82, 2.24) is 0 Å². The second kappa shape index (κ2) is 8.86. The van der Waals surface area contributed by atoms with Gasteiger partial charge in [0.15, 0.2) is 0 Å². The number of anilines is 3. The fraction of sp³-hybridized carbons (Fsp3) is 0.174. The van der Waals surface area contributed by atoms with Gasteiger partial charge in [0.1, 0.15) is 0 Å². The van der Waals surface area contributed by atoms with E-state index >= 15 is 0 Å². The molecule has 0 bridgehead atoms. The van der Waals surface area contributed by atoms with E-state index in [-0.39, 0.29) is 5.97 Å². The van der Waals surface area contributed by atoms with Gasteiger partial charge in [0.25, 0.3) is 0 Å². The zero-order valence-corrected chi connectivity index (χ0v) is 15.0. The fourth-order valence-corrected chi connectivity index (χ4v) is 2.91. The first-order chi connectivity index (χ1) is 12.7. The summed E-state index contributed by atoms with van der Waals surface area (Å²) >= 11 is 0. The maximum atomic E-state index is 10.8. The number of rotatable bonds is 7. The van der Waals surface area contributed by atoms with Crippen LogP contribution in [0.15, 0.2) is 84.9 Å². The average Bonchev–Trinajstić information content (AvgIpc) is 2.68. The number of aryl methyl sites for hydroxylation is 1. The maximum absolute atomic E-state index is 10.8. The predicted octanol–water partition coefficient (Wildman–Crippen LogP) is 5.65. The van der Waals surface area contributed by atoms with Crippen molar-refractivity contribution in [1.29, 1.82) is 0 Å². The second-order valence-corrected chi connectivity index (χ2v) is 6.12. The van der Waals surface area contributed by atoms with Crippen LogP contribution >= 0.6 is 0 Å². The third-order valence-corrected chi connectivity index (χ3v) is 4.14. The molecule has 0 aliphatic rings. The van der Waals surface area contributed by atoms with Crippen LogP contribution in [0, 0.1) is 0 Å². The van der Waals surface area contributed by atoms with Crippen LogP contribution < -0.4 is 4.90 Å². The topological polar surface area (TPSA) is 29.5 Å². The van der Waals surface area contributed by atoms with Gasteiger partial charge in [-0.15, -0.1) is 0 Å². The molecular formula is C23H23NO2. The van der Waals surface area contributed by atoms with Crippen molar-refractivity contribution < 1.29 is 9.53 Å². The first kappa shape index (κ1) is 17.7. The quantitative estimate of drug-likeness (QED) is 0.409. The Morgan fingerprint density at radius 3 is 1.77 bits per heavy atom. The molecule has 0 aliphatic heterocycles. The summed E-state index contributed by atoms with van der Waals surface area (Å²) in [6.07, 6.45) is 1.73. The van der Waals surface area contributed by atoms with Gasteiger partial charge in [0, 0.05) is 24.0 Å². The first-order valence-corrected chi connectivity index (χ1v) is 8.86. The Labute approximate surface area is 154 Å². The number of nitrogens with zero attached hydrogens (tertiary/aromatic N) is 1. The predicted molar refractivity (Wildman–Crippen MR) is 106 cm³/mol. The van der Waals surface area contributed by atoms with Gasteiger partial charge < -0.3 is 9.64 Å². The molecule has 0 aromatic heterocycles. The zero-order chi connectivity index (χ0) is 18.2. The largest absolute Gasteiger partial charge is 0.466 e. The molecule has 0 atom stereocenters. The lowest BCUT2D eigenvalue weighted by atomic mass is 10.1. The lowest BCUT2D eigenvalue weighted by molar-refractivity contribution is -0.141. The number of ether oxygens (including phenoxy) is 1. The normalized spacial score (nSPS) is 10.3. The number of hydrogen-bond donors (Lipinski definition) is 0. The second-order valence-electron chi connectivity index (χ2n) is 6.12. The highest BCUT2D eigenvalue weighted by Gasteiger charge is 2.11. The summed E-state index contributed by atoms with van der Waals surface area (Å²) in [5.41, 5.74) is 4.61. The van der Waals surface area contributed by atoms with Crippen LogP contribution in [0.1, 0.15) is 18.9 Å².